The van der Waals surface area contributed by atoms with E-state index in [1.807, 2.05) is 54.6 Å². The third kappa shape index (κ3) is 3.99. The van der Waals surface area contributed by atoms with Crippen molar-refractivity contribution in [1.29, 1.82) is 0 Å². The zero-order chi connectivity index (χ0) is 23.1. The van der Waals surface area contributed by atoms with Crippen LogP contribution in [0.25, 0.3) is 22.9 Å². The molecule has 0 unspecified atom stereocenters. The lowest BCUT2D eigenvalue weighted by atomic mass is 9.48. The number of aromatic nitrogens is 2. The monoisotopic (exact) mass is 457 g/mol. The third-order valence-electron chi connectivity index (χ3n) is 8.30. The average Bonchev–Trinajstić information content (AvgIpc) is 3.33. The van der Waals surface area contributed by atoms with Crippen LogP contribution in [-0.2, 0) is 4.79 Å². The Morgan fingerprint density at radius 2 is 1.59 bits per heavy atom. The van der Waals surface area contributed by atoms with Crippen molar-refractivity contribution >= 4 is 5.91 Å². The van der Waals surface area contributed by atoms with Crippen molar-refractivity contribution in [2.75, 3.05) is 6.61 Å². The Balaban J connectivity index is 1.11. The quantitative estimate of drug-likeness (QED) is 0.507. The Hall–Kier alpha value is -3.15. The molecule has 0 saturated heterocycles. The molecule has 4 aliphatic carbocycles. The zero-order valence-electron chi connectivity index (χ0n) is 19.6. The molecule has 4 fully saturated rings. The number of rotatable bonds is 7. The topological polar surface area (TPSA) is 77.2 Å². The number of hydrogen-bond acceptors (Lipinski definition) is 5. The van der Waals surface area contributed by atoms with Crippen LogP contribution >= 0.6 is 0 Å². The summed E-state index contributed by atoms with van der Waals surface area (Å²) in [7, 11) is 0. The summed E-state index contributed by atoms with van der Waals surface area (Å²) in [6.45, 7) is 2.16. The molecule has 4 bridgehead atoms. The van der Waals surface area contributed by atoms with E-state index >= 15 is 0 Å². The van der Waals surface area contributed by atoms with Crippen LogP contribution in [0.5, 0.6) is 5.75 Å². The van der Waals surface area contributed by atoms with Gasteiger partial charge in [-0.25, -0.2) is 0 Å². The van der Waals surface area contributed by atoms with Gasteiger partial charge in [0.15, 0.2) is 6.61 Å². The number of para-hydroxylation sites is 1. The van der Waals surface area contributed by atoms with E-state index in [-0.39, 0.29) is 24.0 Å². The maximum absolute atomic E-state index is 12.9. The molecule has 2 aromatic carbocycles. The fourth-order valence-corrected chi connectivity index (χ4v) is 7.09. The van der Waals surface area contributed by atoms with Crippen molar-refractivity contribution in [3.8, 4) is 28.7 Å². The number of hydrogen-bond donors (Lipinski definition) is 1. The molecule has 4 aliphatic rings. The molecule has 6 nitrogen and oxygen atoms in total. The summed E-state index contributed by atoms with van der Waals surface area (Å²) >= 11 is 0. The van der Waals surface area contributed by atoms with Gasteiger partial charge in [-0.2, -0.15) is 0 Å². The summed E-state index contributed by atoms with van der Waals surface area (Å²) in [5.74, 6) is 3.90. The van der Waals surface area contributed by atoms with Gasteiger partial charge in [0.05, 0.1) is 5.56 Å². The van der Waals surface area contributed by atoms with E-state index in [9.17, 15) is 4.79 Å². The smallest absolute Gasteiger partial charge is 0.258 e. The first kappa shape index (κ1) is 21.4. The minimum Gasteiger partial charge on any atom is -0.483 e. The number of ether oxygens (including phenoxy) is 1. The number of nitrogens with zero attached hydrogens (tertiary/aromatic N) is 2. The van der Waals surface area contributed by atoms with Gasteiger partial charge in [0, 0.05) is 11.6 Å². The fourth-order valence-electron chi connectivity index (χ4n) is 7.09. The molecule has 0 radical (unpaired) electrons. The number of benzene rings is 2. The summed E-state index contributed by atoms with van der Waals surface area (Å²) in [6.07, 6.45) is 8.02. The minimum atomic E-state index is -0.0754. The van der Waals surface area contributed by atoms with Gasteiger partial charge >= 0.3 is 0 Å². The van der Waals surface area contributed by atoms with Crippen molar-refractivity contribution in [1.82, 2.24) is 15.5 Å². The summed E-state index contributed by atoms with van der Waals surface area (Å²) in [4.78, 5) is 12.9. The zero-order valence-corrected chi connectivity index (χ0v) is 19.6. The van der Waals surface area contributed by atoms with E-state index in [1.54, 1.807) is 0 Å². The number of nitrogens with one attached hydrogen (secondary N) is 1. The molecular formula is C28H31N3O3. The van der Waals surface area contributed by atoms with Crippen LogP contribution in [-0.4, -0.2) is 28.8 Å². The Kier molecular flexibility index (Phi) is 5.39. The van der Waals surface area contributed by atoms with Crippen molar-refractivity contribution in [2.45, 2.75) is 51.5 Å². The lowest BCUT2D eigenvalue weighted by molar-refractivity contribution is -0.127. The van der Waals surface area contributed by atoms with Crippen LogP contribution in [0, 0.1) is 23.2 Å². The van der Waals surface area contributed by atoms with Gasteiger partial charge < -0.3 is 14.5 Å². The SMILES string of the molecule is C[C@@H](NC(=O)COc1ccccc1-c1nnc(-c2ccccc2)o1)C12CC3CC(CC(C3)C1)C2. The maximum atomic E-state index is 12.9. The van der Waals surface area contributed by atoms with Gasteiger partial charge in [0.25, 0.3) is 11.8 Å². The van der Waals surface area contributed by atoms with Gasteiger partial charge in [-0.1, -0.05) is 30.3 Å². The highest BCUT2D eigenvalue weighted by Gasteiger charge is 2.53. The standard InChI is InChI=1S/C28H31N3O3/c1-18(28-14-19-11-20(15-28)13-21(12-19)16-28)29-25(32)17-33-24-10-6-5-9-23(24)27-31-30-26(34-27)22-7-3-2-4-8-22/h2-10,18-21H,11-17H2,1H3,(H,29,32)/t18-,19?,20?,21?,28?/m1/s1. The third-order valence-corrected chi connectivity index (χ3v) is 8.30. The fraction of sp³-hybridized carbons (Fsp3) is 0.464. The molecule has 1 heterocycles. The van der Waals surface area contributed by atoms with E-state index in [2.05, 4.69) is 22.4 Å². The van der Waals surface area contributed by atoms with E-state index in [0.29, 0.717) is 23.1 Å². The van der Waals surface area contributed by atoms with Crippen LogP contribution in [0.4, 0.5) is 0 Å². The van der Waals surface area contributed by atoms with Crippen molar-refractivity contribution in [2.24, 2.45) is 23.2 Å². The molecule has 34 heavy (non-hydrogen) atoms. The number of carbonyl (C=O) groups is 1. The van der Waals surface area contributed by atoms with Crippen molar-refractivity contribution in [3.05, 3.63) is 54.6 Å². The maximum Gasteiger partial charge on any atom is 0.258 e. The molecule has 0 spiro atoms. The average molecular weight is 458 g/mol. The second kappa shape index (κ2) is 8.57. The van der Waals surface area contributed by atoms with E-state index in [4.69, 9.17) is 9.15 Å². The molecule has 4 saturated carbocycles. The lowest BCUT2D eigenvalue weighted by Crippen LogP contribution is -2.56. The molecule has 1 amide bonds. The van der Waals surface area contributed by atoms with Gasteiger partial charge in [-0.3, -0.25) is 4.79 Å². The lowest BCUT2D eigenvalue weighted by Gasteiger charge is -2.59. The van der Waals surface area contributed by atoms with Gasteiger partial charge in [-0.15, -0.1) is 10.2 Å². The van der Waals surface area contributed by atoms with Crippen LogP contribution < -0.4 is 10.1 Å². The molecule has 7 rings (SSSR count). The second-order valence-electron chi connectivity index (χ2n) is 10.6. The molecule has 1 N–H and O–H groups in total. The summed E-state index contributed by atoms with van der Waals surface area (Å²) < 4.78 is 11.9. The summed E-state index contributed by atoms with van der Waals surface area (Å²) in [5.41, 5.74) is 1.82. The first-order chi connectivity index (χ1) is 16.6. The first-order valence-corrected chi connectivity index (χ1v) is 12.5. The highest BCUT2D eigenvalue weighted by Crippen LogP contribution is 2.61. The van der Waals surface area contributed by atoms with E-state index in [0.717, 1.165) is 23.3 Å². The summed E-state index contributed by atoms with van der Waals surface area (Å²) in [5, 5.41) is 11.7. The van der Waals surface area contributed by atoms with Gasteiger partial charge in [-0.05, 0) is 92.9 Å². The molecule has 1 aromatic heterocycles. The van der Waals surface area contributed by atoms with Crippen molar-refractivity contribution in [3.63, 3.8) is 0 Å². The molecule has 1 atom stereocenters. The predicted octanol–water partition coefficient (Wildman–Crippen LogP) is 5.50. The molecule has 3 aromatic rings. The normalized spacial score (nSPS) is 28.0. The highest BCUT2D eigenvalue weighted by molar-refractivity contribution is 5.78. The van der Waals surface area contributed by atoms with Crippen LogP contribution in [0.3, 0.4) is 0 Å². The van der Waals surface area contributed by atoms with Crippen LogP contribution in [0.2, 0.25) is 0 Å². The predicted molar refractivity (Wildman–Crippen MR) is 129 cm³/mol. The minimum absolute atomic E-state index is 0.0343. The molecular weight excluding hydrogens is 426 g/mol. The van der Waals surface area contributed by atoms with E-state index < -0.39 is 0 Å². The molecule has 176 valence electrons. The van der Waals surface area contributed by atoms with Crippen LogP contribution in [0.15, 0.2) is 59.0 Å². The Bertz CT molecular complexity index is 1140. The Labute approximate surface area is 200 Å². The van der Waals surface area contributed by atoms with Gasteiger partial charge in [0.1, 0.15) is 5.75 Å². The molecule has 0 aliphatic heterocycles. The molecule has 6 heteroatoms. The Morgan fingerprint density at radius 1 is 0.971 bits per heavy atom. The first-order valence-electron chi connectivity index (χ1n) is 12.5. The largest absolute Gasteiger partial charge is 0.483 e. The van der Waals surface area contributed by atoms with Crippen LogP contribution in [0.1, 0.15) is 45.4 Å². The number of carbonyl (C=O) groups excluding carboxylic acids is 1. The van der Waals surface area contributed by atoms with E-state index in [1.165, 1.54) is 38.5 Å². The highest BCUT2D eigenvalue weighted by atomic mass is 16.5. The second-order valence-corrected chi connectivity index (χ2v) is 10.6. The summed E-state index contributed by atoms with van der Waals surface area (Å²) in [6, 6.07) is 17.3. The van der Waals surface area contributed by atoms with Crippen molar-refractivity contribution < 1.29 is 13.9 Å². The number of amides is 1. The van der Waals surface area contributed by atoms with Gasteiger partial charge in [0.2, 0.25) is 5.89 Å². The Morgan fingerprint density at radius 3 is 2.29 bits per heavy atom.